The number of nitrogens with one attached hydrogen (secondary N) is 2. The van der Waals surface area contributed by atoms with Crippen LogP contribution in [0, 0.1) is 17.8 Å². The van der Waals surface area contributed by atoms with Crippen molar-refractivity contribution in [1.82, 2.24) is 15.6 Å². The fourth-order valence-corrected chi connectivity index (χ4v) is 6.89. The van der Waals surface area contributed by atoms with Gasteiger partial charge in [0.2, 0.25) is 0 Å². The van der Waals surface area contributed by atoms with Crippen molar-refractivity contribution in [2.45, 2.75) is 77.9 Å². The highest BCUT2D eigenvalue weighted by atomic mass is 35.5. The summed E-state index contributed by atoms with van der Waals surface area (Å²) in [5.74, 6) is 1.80. The van der Waals surface area contributed by atoms with E-state index in [4.69, 9.17) is 28.2 Å². The molecule has 1 spiro atoms. The first-order valence-corrected chi connectivity index (χ1v) is 16.2. The molecule has 0 aromatic heterocycles. The second-order valence-electron chi connectivity index (χ2n) is 12.6. The Morgan fingerprint density at radius 2 is 1.70 bits per heavy atom. The lowest BCUT2D eigenvalue weighted by Crippen LogP contribution is -2.51. The molecule has 236 valence electrons. The monoisotopic (exact) mass is 638 g/mol. The second-order valence-corrected chi connectivity index (χ2v) is 13.5. The van der Waals surface area contributed by atoms with Crippen molar-refractivity contribution in [3.05, 3.63) is 69.2 Å². The molecular weight excluding hydrogens is 595 g/mol. The molecule has 2 aliphatic rings. The van der Waals surface area contributed by atoms with Crippen LogP contribution in [-0.2, 0) is 4.79 Å². The molecule has 0 radical (unpaired) electrons. The van der Waals surface area contributed by atoms with Crippen LogP contribution in [0.25, 0.3) is 0 Å². The minimum Gasteiger partial charge on any atom is -0.345 e. The van der Waals surface area contributed by atoms with Crippen LogP contribution in [0.15, 0.2) is 57.6 Å². The van der Waals surface area contributed by atoms with Crippen LogP contribution in [0.4, 0.5) is 0 Å². The Morgan fingerprint density at radius 3 is 2.25 bits per heavy atom. The van der Waals surface area contributed by atoms with Gasteiger partial charge in [0.25, 0.3) is 11.8 Å². The van der Waals surface area contributed by atoms with E-state index in [1.807, 2.05) is 29.2 Å². The molecule has 2 aromatic rings. The standard InChI is InChI=1S/C34H44Cl2N6O2/c1-21(2)7-12-29(24-8-10-25(11-9-24)32(43)39-20-30(37-5)41-38-6)42-33(44)31(26-17-27(35)19-28(36)18-26)40-34(42)15-13-23(14-16-34)22(3)4/h8-11,17-19,21-23,29H,6-7,12-16,20H2,1-5H3,(H,37,41)(H,39,43). The van der Waals surface area contributed by atoms with Crippen molar-refractivity contribution in [3.63, 3.8) is 0 Å². The summed E-state index contributed by atoms with van der Waals surface area (Å²) in [5, 5.41) is 7.40. The summed E-state index contributed by atoms with van der Waals surface area (Å²) in [6.45, 7) is 12.5. The maximum Gasteiger partial charge on any atom is 0.275 e. The van der Waals surface area contributed by atoms with Crippen LogP contribution in [0.2, 0.25) is 10.0 Å². The average Bonchev–Trinajstić information content (AvgIpc) is 3.26. The van der Waals surface area contributed by atoms with Crippen LogP contribution in [-0.4, -0.2) is 54.2 Å². The number of carbonyl (C=O) groups is 2. The minimum absolute atomic E-state index is 0.100. The maximum absolute atomic E-state index is 14.5. The Hall–Kier alpha value is -3.23. The lowest BCUT2D eigenvalue weighted by atomic mass is 9.75. The fourth-order valence-electron chi connectivity index (χ4n) is 6.36. The molecule has 2 N–H and O–H groups in total. The lowest BCUT2D eigenvalue weighted by molar-refractivity contribution is -0.133. The first-order chi connectivity index (χ1) is 21.0. The molecule has 8 nitrogen and oxygen atoms in total. The number of benzene rings is 2. The molecule has 2 aromatic carbocycles. The van der Waals surface area contributed by atoms with E-state index in [1.165, 1.54) is 0 Å². The molecule has 1 unspecified atom stereocenters. The van der Waals surface area contributed by atoms with Crippen molar-refractivity contribution in [3.8, 4) is 0 Å². The van der Waals surface area contributed by atoms with E-state index < -0.39 is 5.66 Å². The summed E-state index contributed by atoms with van der Waals surface area (Å²) >= 11 is 12.8. The van der Waals surface area contributed by atoms with E-state index in [9.17, 15) is 9.59 Å². The van der Waals surface area contributed by atoms with Gasteiger partial charge >= 0.3 is 0 Å². The summed E-state index contributed by atoms with van der Waals surface area (Å²) in [6.07, 6.45) is 5.32. The molecule has 44 heavy (non-hydrogen) atoms. The molecule has 1 atom stereocenters. The summed E-state index contributed by atoms with van der Waals surface area (Å²) < 4.78 is 0. The van der Waals surface area contributed by atoms with Crippen molar-refractivity contribution in [2.75, 3.05) is 13.6 Å². The van der Waals surface area contributed by atoms with Gasteiger partial charge in [0.1, 0.15) is 17.2 Å². The van der Waals surface area contributed by atoms with Crippen LogP contribution in [0.1, 0.15) is 93.7 Å². The van der Waals surface area contributed by atoms with Gasteiger partial charge in [-0.05, 0) is 92.2 Å². The topological polar surface area (TPSA) is 98.5 Å². The molecule has 4 rings (SSSR count). The van der Waals surface area contributed by atoms with Crippen LogP contribution in [0.5, 0.6) is 0 Å². The number of aliphatic imine (C=N–C) groups is 2. The van der Waals surface area contributed by atoms with Crippen molar-refractivity contribution < 1.29 is 9.59 Å². The third-order valence-electron chi connectivity index (χ3n) is 8.88. The highest BCUT2D eigenvalue weighted by Crippen LogP contribution is 2.48. The number of hydrogen-bond acceptors (Lipinski definition) is 5. The predicted octanol–water partition coefficient (Wildman–Crippen LogP) is 7.31. The first kappa shape index (κ1) is 33.7. The van der Waals surface area contributed by atoms with Gasteiger partial charge in [0.15, 0.2) is 0 Å². The lowest BCUT2D eigenvalue weighted by Gasteiger charge is -2.46. The Balaban J connectivity index is 1.70. The van der Waals surface area contributed by atoms with E-state index in [1.54, 1.807) is 25.2 Å². The summed E-state index contributed by atoms with van der Waals surface area (Å²) in [7, 11) is 1.61. The summed E-state index contributed by atoms with van der Waals surface area (Å²) in [5.41, 5.74) is 4.58. The number of nitrogens with zero attached hydrogens (tertiary/aromatic N) is 4. The van der Waals surface area contributed by atoms with Gasteiger partial charge < -0.3 is 10.2 Å². The molecule has 10 heteroatoms. The molecule has 1 saturated carbocycles. The normalized spacial score (nSPS) is 21.2. The third-order valence-corrected chi connectivity index (χ3v) is 9.32. The third kappa shape index (κ3) is 7.70. The summed E-state index contributed by atoms with van der Waals surface area (Å²) in [6, 6.07) is 12.6. The number of carbonyl (C=O) groups excluding carboxylic acids is 2. The minimum atomic E-state index is -0.646. The zero-order valence-corrected chi connectivity index (χ0v) is 27.9. The highest BCUT2D eigenvalue weighted by molar-refractivity contribution is 6.47. The largest absolute Gasteiger partial charge is 0.345 e. The molecule has 0 saturated heterocycles. The molecule has 1 aliphatic carbocycles. The van der Waals surface area contributed by atoms with Crippen LogP contribution in [0.3, 0.4) is 0 Å². The van der Waals surface area contributed by atoms with Crippen molar-refractivity contribution >= 4 is 53.3 Å². The fraction of sp³-hybridized carbons (Fsp3) is 0.500. The quantitative estimate of drug-likeness (QED) is 0.153. The smallest absolute Gasteiger partial charge is 0.275 e. The Labute approximate surface area is 271 Å². The van der Waals surface area contributed by atoms with Gasteiger partial charge in [0.05, 0.1) is 12.6 Å². The van der Waals surface area contributed by atoms with E-state index in [0.717, 1.165) is 44.1 Å². The molecule has 1 fully saturated rings. The molecule has 2 amide bonds. The van der Waals surface area contributed by atoms with Crippen LogP contribution < -0.4 is 10.7 Å². The Morgan fingerprint density at radius 1 is 1.07 bits per heavy atom. The number of rotatable bonds is 11. The van der Waals surface area contributed by atoms with Gasteiger partial charge in [-0.1, -0.05) is 63.0 Å². The SMILES string of the molecule is C=NNC(CNC(=O)c1ccc(C(CCC(C)C)N2C(=O)C(c3cc(Cl)cc(Cl)c3)=NC23CCC(C(C)C)CC3)cc1)=NC. The Kier molecular flexibility index (Phi) is 11.2. The Bertz CT molecular complexity index is 1390. The molecular formula is C34H44Cl2N6O2. The number of hydrazone groups is 1. The zero-order valence-electron chi connectivity index (χ0n) is 26.4. The maximum atomic E-state index is 14.5. The van der Waals surface area contributed by atoms with Gasteiger partial charge in [0, 0.05) is 34.9 Å². The van der Waals surface area contributed by atoms with Gasteiger partial charge in [-0.15, -0.1) is 0 Å². The van der Waals surface area contributed by atoms with Crippen molar-refractivity contribution in [2.24, 2.45) is 32.8 Å². The van der Waals surface area contributed by atoms with Gasteiger partial charge in [-0.3, -0.25) is 25.0 Å². The summed E-state index contributed by atoms with van der Waals surface area (Å²) in [4.78, 5) is 38.8. The average molecular weight is 640 g/mol. The predicted molar refractivity (Wildman–Crippen MR) is 181 cm³/mol. The number of hydrogen-bond donors (Lipinski definition) is 2. The van der Waals surface area contributed by atoms with E-state index in [2.05, 4.69) is 55.2 Å². The van der Waals surface area contributed by atoms with E-state index in [-0.39, 0.29) is 24.4 Å². The van der Waals surface area contributed by atoms with Gasteiger partial charge in [-0.25, -0.2) is 0 Å². The van der Waals surface area contributed by atoms with E-state index in [0.29, 0.717) is 50.5 Å². The molecule has 0 bridgehead atoms. The molecule has 1 heterocycles. The van der Waals surface area contributed by atoms with E-state index >= 15 is 0 Å². The second kappa shape index (κ2) is 14.7. The highest BCUT2D eigenvalue weighted by Gasteiger charge is 2.52. The molecule has 1 aliphatic heterocycles. The number of halogens is 2. The van der Waals surface area contributed by atoms with Crippen molar-refractivity contribution in [1.29, 1.82) is 0 Å². The van der Waals surface area contributed by atoms with Crippen LogP contribution >= 0.6 is 23.2 Å². The van der Waals surface area contributed by atoms with Gasteiger partial charge in [-0.2, -0.15) is 5.10 Å². The first-order valence-electron chi connectivity index (χ1n) is 15.4. The number of amidine groups is 1. The zero-order chi connectivity index (χ0) is 32.0. The number of amides is 2.